The molecule has 0 heterocycles. The first-order valence-electron chi connectivity index (χ1n) is 9.89. The SMILES string of the molecule is CN=C(NCCCC1CCCCC1)NCc1ccc(S(=O)(=O)N(C)C)cc1. The lowest BCUT2D eigenvalue weighted by Crippen LogP contribution is -2.37. The molecule has 0 bridgehead atoms. The second-order valence-electron chi connectivity index (χ2n) is 7.43. The number of guanidine groups is 1. The predicted octanol–water partition coefficient (Wildman–Crippen LogP) is 2.96. The lowest BCUT2D eigenvalue weighted by atomic mass is 9.86. The molecule has 1 aromatic rings. The average Bonchev–Trinajstić information content (AvgIpc) is 2.68. The summed E-state index contributed by atoms with van der Waals surface area (Å²) in [6.45, 7) is 1.53. The Labute approximate surface area is 164 Å². The largest absolute Gasteiger partial charge is 0.356 e. The molecule has 0 saturated heterocycles. The molecule has 6 nitrogen and oxygen atoms in total. The molecule has 0 unspecified atom stereocenters. The third-order valence-corrected chi connectivity index (χ3v) is 7.02. The van der Waals surface area contributed by atoms with Gasteiger partial charge >= 0.3 is 0 Å². The number of hydrogen-bond donors (Lipinski definition) is 2. The van der Waals surface area contributed by atoms with Gasteiger partial charge in [0, 0.05) is 34.2 Å². The third-order valence-electron chi connectivity index (χ3n) is 5.19. The van der Waals surface area contributed by atoms with E-state index in [1.165, 1.54) is 63.3 Å². The molecule has 27 heavy (non-hydrogen) atoms. The predicted molar refractivity (Wildman–Crippen MR) is 111 cm³/mol. The molecule has 0 spiro atoms. The maximum atomic E-state index is 12.1. The first-order valence-corrected chi connectivity index (χ1v) is 11.3. The van der Waals surface area contributed by atoms with Crippen molar-refractivity contribution in [1.29, 1.82) is 0 Å². The molecule has 0 radical (unpaired) electrons. The molecule has 1 aliphatic rings. The summed E-state index contributed by atoms with van der Waals surface area (Å²) in [7, 11) is 1.46. The van der Waals surface area contributed by atoms with Crippen molar-refractivity contribution in [3.8, 4) is 0 Å². The number of hydrogen-bond acceptors (Lipinski definition) is 3. The van der Waals surface area contributed by atoms with E-state index in [1.807, 2.05) is 12.1 Å². The Hall–Kier alpha value is -1.60. The van der Waals surface area contributed by atoms with Crippen molar-refractivity contribution in [3.63, 3.8) is 0 Å². The third kappa shape index (κ3) is 6.81. The number of rotatable bonds is 8. The highest BCUT2D eigenvalue weighted by Gasteiger charge is 2.16. The lowest BCUT2D eigenvalue weighted by molar-refractivity contribution is 0.332. The zero-order valence-electron chi connectivity index (χ0n) is 16.9. The molecule has 1 saturated carbocycles. The monoisotopic (exact) mass is 394 g/mol. The van der Waals surface area contributed by atoms with Gasteiger partial charge in [0.1, 0.15) is 0 Å². The maximum absolute atomic E-state index is 12.1. The van der Waals surface area contributed by atoms with Gasteiger partial charge in [-0.15, -0.1) is 0 Å². The van der Waals surface area contributed by atoms with E-state index < -0.39 is 10.0 Å². The molecule has 1 fully saturated rings. The van der Waals surface area contributed by atoms with Crippen molar-refractivity contribution in [1.82, 2.24) is 14.9 Å². The molecule has 152 valence electrons. The van der Waals surface area contributed by atoms with Gasteiger partial charge < -0.3 is 10.6 Å². The summed E-state index contributed by atoms with van der Waals surface area (Å²) >= 11 is 0. The van der Waals surface area contributed by atoms with Gasteiger partial charge in [0.2, 0.25) is 10.0 Å². The first kappa shape index (κ1) is 21.7. The van der Waals surface area contributed by atoms with Gasteiger partial charge in [-0.3, -0.25) is 4.99 Å². The van der Waals surface area contributed by atoms with E-state index >= 15 is 0 Å². The van der Waals surface area contributed by atoms with Gasteiger partial charge in [-0.25, -0.2) is 12.7 Å². The second-order valence-corrected chi connectivity index (χ2v) is 9.58. The zero-order valence-corrected chi connectivity index (χ0v) is 17.7. The molecule has 2 rings (SSSR count). The zero-order chi connectivity index (χ0) is 19.7. The van der Waals surface area contributed by atoms with Crippen LogP contribution in [0, 0.1) is 5.92 Å². The Morgan fingerprint density at radius 2 is 1.78 bits per heavy atom. The highest BCUT2D eigenvalue weighted by atomic mass is 32.2. The fourth-order valence-corrected chi connectivity index (χ4v) is 4.37. The maximum Gasteiger partial charge on any atom is 0.242 e. The van der Waals surface area contributed by atoms with E-state index in [9.17, 15) is 8.42 Å². The Morgan fingerprint density at radius 3 is 2.37 bits per heavy atom. The van der Waals surface area contributed by atoms with Crippen molar-refractivity contribution in [2.24, 2.45) is 10.9 Å². The van der Waals surface area contributed by atoms with E-state index in [-0.39, 0.29) is 0 Å². The van der Waals surface area contributed by atoms with Crippen LogP contribution in [0.1, 0.15) is 50.5 Å². The number of nitrogens with zero attached hydrogens (tertiary/aromatic N) is 2. The number of sulfonamides is 1. The second kappa shape index (κ2) is 10.7. The van der Waals surface area contributed by atoms with E-state index in [4.69, 9.17) is 0 Å². The summed E-state index contributed by atoms with van der Waals surface area (Å²) in [5, 5.41) is 6.65. The topological polar surface area (TPSA) is 73.8 Å². The average molecular weight is 395 g/mol. The smallest absolute Gasteiger partial charge is 0.242 e. The lowest BCUT2D eigenvalue weighted by Gasteiger charge is -2.21. The van der Waals surface area contributed by atoms with Crippen LogP contribution in [-0.2, 0) is 16.6 Å². The molecule has 2 N–H and O–H groups in total. The van der Waals surface area contributed by atoms with Gasteiger partial charge in [-0.05, 0) is 36.5 Å². The molecule has 0 atom stereocenters. The minimum absolute atomic E-state index is 0.307. The van der Waals surface area contributed by atoms with Crippen LogP contribution in [0.2, 0.25) is 0 Å². The van der Waals surface area contributed by atoms with Crippen molar-refractivity contribution >= 4 is 16.0 Å². The van der Waals surface area contributed by atoms with Gasteiger partial charge in [-0.2, -0.15) is 0 Å². The van der Waals surface area contributed by atoms with Crippen LogP contribution >= 0.6 is 0 Å². The van der Waals surface area contributed by atoms with Crippen molar-refractivity contribution in [2.75, 3.05) is 27.7 Å². The first-order chi connectivity index (χ1) is 12.9. The molecule has 0 aromatic heterocycles. The minimum atomic E-state index is -3.38. The highest BCUT2D eigenvalue weighted by molar-refractivity contribution is 7.89. The fourth-order valence-electron chi connectivity index (χ4n) is 3.47. The van der Waals surface area contributed by atoms with Gasteiger partial charge in [0.05, 0.1) is 4.90 Å². The minimum Gasteiger partial charge on any atom is -0.356 e. The molecule has 0 amide bonds. The van der Waals surface area contributed by atoms with Crippen molar-refractivity contribution in [3.05, 3.63) is 29.8 Å². The Morgan fingerprint density at radius 1 is 1.11 bits per heavy atom. The van der Waals surface area contributed by atoms with Crippen LogP contribution in [0.15, 0.2) is 34.2 Å². The quantitative estimate of drug-likeness (QED) is 0.404. The molecular formula is C20H34N4O2S. The molecule has 7 heteroatoms. The summed E-state index contributed by atoms with van der Waals surface area (Å²) < 4.78 is 25.4. The van der Waals surface area contributed by atoms with E-state index in [0.717, 1.165) is 24.0 Å². The van der Waals surface area contributed by atoms with Crippen molar-refractivity contribution < 1.29 is 8.42 Å². The molecule has 0 aliphatic heterocycles. The number of aliphatic imine (C=N–C) groups is 1. The van der Waals surface area contributed by atoms with E-state index in [0.29, 0.717) is 11.4 Å². The van der Waals surface area contributed by atoms with Crippen LogP contribution in [0.5, 0.6) is 0 Å². The molecule has 1 aromatic carbocycles. The summed E-state index contributed by atoms with van der Waals surface area (Å²) in [5.74, 6) is 1.69. The fraction of sp³-hybridized carbons (Fsp3) is 0.650. The van der Waals surface area contributed by atoms with Crippen molar-refractivity contribution in [2.45, 2.75) is 56.4 Å². The van der Waals surface area contributed by atoms with E-state index in [2.05, 4.69) is 15.6 Å². The summed E-state index contributed by atoms with van der Waals surface area (Å²) in [6.07, 6.45) is 9.46. The van der Waals surface area contributed by atoms with Gasteiger partial charge in [0.15, 0.2) is 5.96 Å². The summed E-state index contributed by atoms with van der Waals surface area (Å²) in [5.41, 5.74) is 1.01. The van der Waals surface area contributed by atoms with E-state index in [1.54, 1.807) is 19.2 Å². The van der Waals surface area contributed by atoms with Gasteiger partial charge in [-0.1, -0.05) is 44.2 Å². The Bertz CT molecular complexity index is 693. The standard InChI is InChI=1S/C20H34N4O2S/c1-21-20(22-15-7-10-17-8-5-4-6-9-17)23-16-18-11-13-19(14-12-18)27(25,26)24(2)3/h11-14,17H,4-10,15-16H2,1-3H3,(H2,21,22,23). The van der Waals surface area contributed by atoms with Crippen LogP contribution in [0.3, 0.4) is 0 Å². The van der Waals surface area contributed by atoms with Crippen LogP contribution in [-0.4, -0.2) is 46.4 Å². The number of nitrogens with one attached hydrogen (secondary N) is 2. The summed E-state index contributed by atoms with van der Waals surface area (Å²) in [6, 6.07) is 6.96. The summed E-state index contributed by atoms with van der Waals surface area (Å²) in [4.78, 5) is 4.57. The van der Waals surface area contributed by atoms with Gasteiger partial charge in [0.25, 0.3) is 0 Å². The Balaban J connectivity index is 1.73. The van der Waals surface area contributed by atoms with Crippen LogP contribution in [0.25, 0.3) is 0 Å². The molecular weight excluding hydrogens is 360 g/mol. The number of benzene rings is 1. The Kier molecular flexibility index (Phi) is 8.57. The van der Waals surface area contributed by atoms with Crippen LogP contribution in [0.4, 0.5) is 0 Å². The normalized spacial score (nSPS) is 16.5. The highest BCUT2D eigenvalue weighted by Crippen LogP contribution is 2.26. The molecule has 1 aliphatic carbocycles. The van der Waals surface area contributed by atoms with Crippen LogP contribution < -0.4 is 10.6 Å².